The molecule has 2 rings (SSSR count). The molecular formula is C24H31ClN2O3S. The van der Waals surface area contributed by atoms with E-state index < -0.39 is 6.04 Å². The van der Waals surface area contributed by atoms with Crippen molar-refractivity contribution in [2.45, 2.75) is 50.6 Å². The number of likely N-dealkylation sites (N-methyl/N-ethyl adjacent to an activating group) is 1. The van der Waals surface area contributed by atoms with E-state index in [-0.39, 0.29) is 11.8 Å². The summed E-state index contributed by atoms with van der Waals surface area (Å²) >= 11 is 7.62. The smallest absolute Gasteiger partial charge is 0.242 e. The number of hydrogen-bond acceptors (Lipinski definition) is 4. The molecule has 1 unspecified atom stereocenters. The fourth-order valence-electron chi connectivity index (χ4n) is 3.27. The third-order valence-electron chi connectivity index (χ3n) is 4.84. The highest BCUT2D eigenvalue weighted by Gasteiger charge is 2.28. The van der Waals surface area contributed by atoms with Crippen LogP contribution in [0.3, 0.4) is 0 Å². The van der Waals surface area contributed by atoms with Crippen molar-refractivity contribution in [1.29, 1.82) is 0 Å². The minimum Gasteiger partial charge on any atom is -0.497 e. The number of benzene rings is 2. The highest BCUT2D eigenvalue weighted by Crippen LogP contribution is 2.22. The second-order valence-electron chi connectivity index (χ2n) is 7.10. The summed E-state index contributed by atoms with van der Waals surface area (Å²) in [6.07, 6.45) is 1.67. The average molecular weight is 463 g/mol. The Bertz CT molecular complexity index is 845. The van der Waals surface area contributed by atoms with Crippen LogP contribution >= 0.6 is 23.4 Å². The minimum absolute atomic E-state index is 0.0161. The molecule has 0 aliphatic carbocycles. The molecule has 31 heavy (non-hydrogen) atoms. The summed E-state index contributed by atoms with van der Waals surface area (Å²) in [4.78, 5) is 28.6. The fraction of sp³-hybridized carbons (Fsp3) is 0.417. The number of hydrogen-bond donors (Lipinski definition) is 1. The Labute approximate surface area is 194 Å². The lowest BCUT2D eigenvalue weighted by Crippen LogP contribution is -2.49. The van der Waals surface area contributed by atoms with Crippen molar-refractivity contribution in [3.05, 3.63) is 59.1 Å². The monoisotopic (exact) mass is 462 g/mol. The van der Waals surface area contributed by atoms with Crippen LogP contribution in [0.1, 0.15) is 38.7 Å². The Hall–Kier alpha value is -2.18. The molecule has 168 valence electrons. The zero-order valence-corrected chi connectivity index (χ0v) is 20.0. The zero-order valence-electron chi connectivity index (χ0n) is 18.4. The lowest BCUT2D eigenvalue weighted by atomic mass is 10.1. The van der Waals surface area contributed by atoms with Crippen molar-refractivity contribution in [2.75, 3.05) is 19.4 Å². The minimum atomic E-state index is -0.498. The van der Waals surface area contributed by atoms with Gasteiger partial charge in [0, 0.05) is 29.4 Å². The Morgan fingerprint density at radius 2 is 1.90 bits per heavy atom. The van der Waals surface area contributed by atoms with E-state index in [0.717, 1.165) is 28.4 Å². The van der Waals surface area contributed by atoms with Gasteiger partial charge in [0.1, 0.15) is 11.8 Å². The summed E-state index contributed by atoms with van der Waals surface area (Å²) in [6.45, 7) is 4.72. The van der Waals surface area contributed by atoms with Gasteiger partial charge in [0.05, 0.1) is 7.11 Å². The van der Waals surface area contributed by atoms with Gasteiger partial charge in [-0.25, -0.2) is 0 Å². The van der Waals surface area contributed by atoms with Crippen molar-refractivity contribution in [3.8, 4) is 5.75 Å². The molecule has 0 saturated heterocycles. The van der Waals surface area contributed by atoms with E-state index in [1.54, 1.807) is 23.8 Å². The number of thioether (sulfide) groups is 1. The molecular weight excluding hydrogens is 432 g/mol. The first-order valence-electron chi connectivity index (χ1n) is 10.6. The fourth-order valence-corrected chi connectivity index (χ4v) is 4.25. The Morgan fingerprint density at radius 1 is 1.16 bits per heavy atom. The highest BCUT2D eigenvalue weighted by molar-refractivity contribution is 7.99. The van der Waals surface area contributed by atoms with Crippen LogP contribution in [-0.4, -0.2) is 42.2 Å². The third-order valence-corrected chi connectivity index (χ3v) is 6.19. The zero-order chi connectivity index (χ0) is 22.6. The van der Waals surface area contributed by atoms with Gasteiger partial charge in [0.15, 0.2) is 0 Å². The van der Waals surface area contributed by atoms with E-state index >= 15 is 0 Å². The maximum absolute atomic E-state index is 13.2. The van der Waals surface area contributed by atoms with Crippen LogP contribution in [0.25, 0.3) is 0 Å². The molecule has 5 nitrogen and oxygen atoms in total. The van der Waals surface area contributed by atoms with Crippen LogP contribution in [0.15, 0.2) is 53.4 Å². The molecule has 0 spiro atoms. The Balaban J connectivity index is 2.05. The summed E-state index contributed by atoms with van der Waals surface area (Å²) in [5.41, 5.74) is 0.936. The van der Waals surface area contributed by atoms with Crippen molar-refractivity contribution < 1.29 is 14.3 Å². The SMILES string of the molecule is CCNC(=O)C(CC)N(Cc1cccc(OC)c1)C(=O)CCCSc1ccc(Cl)cc1. The number of carbonyl (C=O) groups is 2. The summed E-state index contributed by atoms with van der Waals surface area (Å²) in [5, 5.41) is 3.57. The van der Waals surface area contributed by atoms with Gasteiger partial charge in [-0.1, -0.05) is 30.7 Å². The summed E-state index contributed by atoms with van der Waals surface area (Å²) in [5.74, 6) is 1.42. The number of methoxy groups -OCH3 is 1. The van der Waals surface area contributed by atoms with Gasteiger partial charge in [-0.05, 0) is 67.5 Å². The standard InChI is InChI=1S/C24H31ClN2O3S/c1-4-22(24(29)26-5-2)27(17-18-8-6-9-20(16-18)30-3)23(28)10-7-15-31-21-13-11-19(25)12-14-21/h6,8-9,11-14,16,22H,4-5,7,10,15,17H2,1-3H3,(H,26,29). The average Bonchev–Trinajstić information content (AvgIpc) is 2.78. The van der Waals surface area contributed by atoms with Gasteiger partial charge in [0.25, 0.3) is 0 Å². The third kappa shape index (κ3) is 8.11. The Morgan fingerprint density at radius 3 is 2.55 bits per heavy atom. The van der Waals surface area contributed by atoms with Gasteiger partial charge in [-0.15, -0.1) is 11.8 Å². The lowest BCUT2D eigenvalue weighted by Gasteiger charge is -2.30. The molecule has 0 heterocycles. The maximum atomic E-state index is 13.2. The highest BCUT2D eigenvalue weighted by atomic mass is 35.5. The van der Waals surface area contributed by atoms with Crippen LogP contribution in [0, 0.1) is 0 Å². The summed E-state index contributed by atoms with van der Waals surface area (Å²) < 4.78 is 5.30. The van der Waals surface area contributed by atoms with E-state index in [2.05, 4.69) is 5.32 Å². The number of amides is 2. The number of carbonyl (C=O) groups excluding carboxylic acids is 2. The van der Waals surface area contributed by atoms with Crippen LogP contribution < -0.4 is 10.1 Å². The summed E-state index contributed by atoms with van der Waals surface area (Å²) in [6, 6.07) is 14.8. The Kier molecular flexibility index (Phi) is 10.7. The van der Waals surface area contributed by atoms with Crippen LogP contribution in [0.2, 0.25) is 5.02 Å². The number of rotatable bonds is 12. The predicted octanol–water partition coefficient (Wildman–Crippen LogP) is 5.16. The van der Waals surface area contributed by atoms with Gasteiger partial charge in [-0.2, -0.15) is 0 Å². The van der Waals surface area contributed by atoms with Crippen molar-refractivity contribution in [3.63, 3.8) is 0 Å². The van der Waals surface area contributed by atoms with E-state index in [1.807, 2.05) is 62.4 Å². The normalized spacial score (nSPS) is 11.6. The van der Waals surface area contributed by atoms with E-state index in [0.29, 0.717) is 31.0 Å². The first-order valence-corrected chi connectivity index (χ1v) is 11.9. The van der Waals surface area contributed by atoms with Gasteiger partial charge in [0.2, 0.25) is 11.8 Å². The topological polar surface area (TPSA) is 58.6 Å². The molecule has 7 heteroatoms. The van der Waals surface area contributed by atoms with Crippen molar-refractivity contribution in [1.82, 2.24) is 10.2 Å². The van der Waals surface area contributed by atoms with Gasteiger partial charge >= 0.3 is 0 Å². The molecule has 0 saturated carbocycles. The van der Waals surface area contributed by atoms with Crippen LogP contribution in [0.5, 0.6) is 5.75 Å². The number of ether oxygens (including phenoxy) is 1. The second kappa shape index (κ2) is 13.3. The lowest BCUT2D eigenvalue weighted by molar-refractivity contribution is -0.141. The van der Waals surface area contributed by atoms with E-state index in [4.69, 9.17) is 16.3 Å². The van der Waals surface area contributed by atoms with Crippen molar-refractivity contribution in [2.24, 2.45) is 0 Å². The molecule has 0 radical (unpaired) electrons. The van der Waals surface area contributed by atoms with Gasteiger partial charge in [-0.3, -0.25) is 9.59 Å². The van der Waals surface area contributed by atoms with Crippen LogP contribution in [0.4, 0.5) is 0 Å². The molecule has 0 fully saturated rings. The molecule has 0 aliphatic heterocycles. The quantitative estimate of drug-likeness (QED) is 0.349. The largest absolute Gasteiger partial charge is 0.497 e. The second-order valence-corrected chi connectivity index (χ2v) is 8.70. The molecule has 1 atom stereocenters. The molecule has 0 bridgehead atoms. The van der Waals surface area contributed by atoms with E-state index in [9.17, 15) is 9.59 Å². The predicted molar refractivity (Wildman–Crippen MR) is 128 cm³/mol. The number of nitrogens with zero attached hydrogens (tertiary/aromatic N) is 1. The maximum Gasteiger partial charge on any atom is 0.242 e. The van der Waals surface area contributed by atoms with E-state index in [1.165, 1.54) is 0 Å². The molecule has 2 amide bonds. The first-order chi connectivity index (χ1) is 15.0. The molecule has 2 aromatic rings. The first kappa shape index (κ1) is 25.1. The van der Waals surface area contributed by atoms with Crippen molar-refractivity contribution >= 4 is 35.2 Å². The molecule has 0 aromatic heterocycles. The molecule has 1 N–H and O–H groups in total. The molecule has 0 aliphatic rings. The number of halogens is 1. The summed E-state index contributed by atoms with van der Waals surface area (Å²) in [7, 11) is 1.62. The molecule has 2 aromatic carbocycles. The van der Waals surface area contributed by atoms with Gasteiger partial charge < -0.3 is 15.0 Å². The van der Waals surface area contributed by atoms with Crippen LogP contribution in [-0.2, 0) is 16.1 Å². The number of nitrogens with one attached hydrogen (secondary N) is 1.